The molecule has 0 N–H and O–H groups in total. The van der Waals surface area contributed by atoms with Gasteiger partial charge in [-0.15, -0.1) is 0 Å². The quantitative estimate of drug-likeness (QED) is 0.763. The highest BCUT2D eigenvalue weighted by Crippen LogP contribution is 2.46. The molecule has 2 aliphatic rings. The second-order valence-corrected chi connectivity index (χ2v) is 5.22. The average Bonchev–Trinajstić information content (AvgIpc) is 2.77. The van der Waals surface area contributed by atoms with Crippen LogP contribution < -0.4 is 4.74 Å². The summed E-state index contributed by atoms with van der Waals surface area (Å²) >= 11 is 0. The molecule has 0 spiro atoms. The van der Waals surface area contributed by atoms with E-state index in [2.05, 4.69) is 11.0 Å². The summed E-state index contributed by atoms with van der Waals surface area (Å²) in [5.41, 5.74) is 1.19. The van der Waals surface area contributed by atoms with Crippen molar-refractivity contribution in [2.45, 2.75) is 25.4 Å². The highest BCUT2D eigenvalue weighted by molar-refractivity contribution is 5.76. The summed E-state index contributed by atoms with van der Waals surface area (Å²) in [6.45, 7) is 2.96. The minimum Gasteiger partial charge on any atom is -0.493 e. The fourth-order valence-corrected chi connectivity index (χ4v) is 3.29. The molecule has 1 aromatic carbocycles. The Balaban J connectivity index is 1.88. The molecule has 1 fully saturated rings. The van der Waals surface area contributed by atoms with Crippen LogP contribution in [0.3, 0.4) is 0 Å². The summed E-state index contributed by atoms with van der Waals surface area (Å²) in [5.74, 6) is 1.20. The van der Waals surface area contributed by atoms with Gasteiger partial charge in [0.2, 0.25) is 0 Å². The van der Waals surface area contributed by atoms with Gasteiger partial charge >= 0.3 is 5.97 Å². The van der Waals surface area contributed by atoms with Crippen molar-refractivity contribution < 1.29 is 14.3 Å². The Bertz CT molecular complexity index is 488. The van der Waals surface area contributed by atoms with Crippen LogP contribution in [0, 0.1) is 5.92 Å². The molecule has 0 aromatic heterocycles. The van der Waals surface area contributed by atoms with E-state index in [4.69, 9.17) is 9.47 Å². The molecular weight excluding hydrogens is 242 g/mol. The Morgan fingerprint density at radius 3 is 3.05 bits per heavy atom. The number of para-hydroxylation sites is 1. The second kappa shape index (κ2) is 4.85. The Morgan fingerprint density at radius 2 is 2.26 bits per heavy atom. The lowest BCUT2D eigenvalue weighted by molar-refractivity contribution is -0.148. The summed E-state index contributed by atoms with van der Waals surface area (Å²) in [4.78, 5) is 14.1. The first kappa shape index (κ1) is 12.5. The maximum Gasteiger partial charge on any atom is 0.323 e. The van der Waals surface area contributed by atoms with Crippen molar-refractivity contribution in [2.24, 2.45) is 5.92 Å². The van der Waals surface area contributed by atoms with Gasteiger partial charge in [0.1, 0.15) is 11.8 Å². The van der Waals surface area contributed by atoms with E-state index in [1.54, 1.807) is 0 Å². The first-order valence-corrected chi connectivity index (χ1v) is 6.82. The van der Waals surface area contributed by atoms with Gasteiger partial charge in [-0.25, -0.2) is 0 Å². The molecule has 4 heteroatoms. The number of carbonyl (C=O) groups excluding carboxylic acids is 1. The van der Waals surface area contributed by atoms with Crippen LogP contribution in [0.15, 0.2) is 24.3 Å². The number of likely N-dealkylation sites (tertiary alicyclic amines) is 1. The SMILES string of the molecule is CCOC(=O)[C@H]1C[C@@H]2COc3ccccc3[C@@H]2N1C. The third-order valence-corrected chi connectivity index (χ3v) is 4.15. The number of nitrogens with zero attached hydrogens (tertiary/aromatic N) is 1. The van der Waals surface area contributed by atoms with E-state index in [9.17, 15) is 4.79 Å². The van der Waals surface area contributed by atoms with Gasteiger partial charge in [0.25, 0.3) is 0 Å². The highest BCUT2D eigenvalue weighted by atomic mass is 16.5. The van der Waals surface area contributed by atoms with Crippen molar-refractivity contribution in [1.82, 2.24) is 4.90 Å². The van der Waals surface area contributed by atoms with E-state index < -0.39 is 0 Å². The normalized spacial score (nSPS) is 29.3. The van der Waals surface area contributed by atoms with Gasteiger partial charge in [-0.1, -0.05) is 18.2 Å². The summed E-state index contributed by atoms with van der Waals surface area (Å²) in [6.07, 6.45) is 0.814. The van der Waals surface area contributed by atoms with E-state index in [-0.39, 0.29) is 18.1 Å². The molecule has 3 rings (SSSR count). The van der Waals surface area contributed by atoms with Crippen LogP contribution >= 0.6 is 0 Å². The third-order valence-electron chi connectivity index (χ3n) is 4.15. The van der Waals surface area contributed by atoms with Gasteiger partial charge in [0.15, 0.2) is 0 Å². The maximum atomic E-state index is 12.0. The minimum atomic E-state index is -0.148. The summed E-state index contributed by atoms with van der Waals surface area (Å²) < 4.78 is 11.0. The van der Waals surface area contributed by atoms with Crippen molar-refractivity contribution in [3.8, 4) is 5.75 Å². The van der Waals surface area contributed by atoms with Gasteiger partial charge in [-0.3, -0.25) is 9.69 Å². The zero-order valence-electron chi connectivity index (χ0n) is 11.3. The van der Waals surface area contributed by atoms with E-state index in [0.717, 1.165) is 12.2 Å². The molecule has 102 valence electrons. The Hall–Kier alpha value is -1.55. The number of ether oxygens (including phenoxy) is 2. The number of rotatable bonds is 2. The van der Waals surface area contributed by atoms with Gasteiger partial charge in [-0.2, -0.15) is 0 Å². The Morgan fingerprint density at radius 1 is 1.47 bits per heavy atom. The maximum absolute atomic E-state index is 12.0. The number of benzene rings is 1. The van der Waals surface area contributed by atoms with Crippen LogP contribution in [0.4, 0.5) is 0 Å². The van der Waals surface area contributed by atoms with E-state index in [1.165, 1.54) is 5.56 Å². The van der Waals surface area contributed by atoms with Crippen molar-refractivity contribution in [2.75, 3.05) is 20.3 Å². The standard InChI is InChI=1S/C15H19NO3/c1-3-18-15(17)12-8-10-9-19-13-7-5-4-6-11(13)14(10)16(12)2/h4-7,10,12,14H,3,8-9H2,1-2H3/t10-,12-,14-/m1/s1. The predicted octanol–water partition coefficient (Wildman–Crippen LogP) is 2.00. The van der Waals surface area contributed by atoms with Crippen LogP contribution in [0.5, 0.6) is 5.75 Å². The zero-order valence-corrected chi connectivity index (χ0v) is 11.3. The molecule has 0 aliphatic carbocycles. The molecule has 3 atom stereocenters. The molecule has 0 saturated carbocycles. The van der Waals surface area contributed by atoms with Gasteiger partial charge in [0, 0.05) is 17.5 Å². The largest absolute Gasteiger partial charge is 0.493 e. The molecule has 0 unspecified atom stereocenters. The number of carbonyl (C=O) groups is 1. The zero-order chi connectivity index (χ0) is 13.4. The lowest BCUT2D eigenvalue weighted by atomic mass is 9.91. The first-order chi connectivity index (χ1) is 9.22. The average molecular weight is 261 g/mol. The fourth-order valence-electron chi connectivity index (χ4n) is 3.29. The summed E-state index contributed by atoms with van der Waals surface area (Å²) in [7, 11) is 2.01. The van der Waals surface area contributed by atoms with Gasteiger partial charge < -0.3 is 9.47 Å². The number of fused-ring (bicyclic) bond motifs is 3. The van der Waals surface area contributed by atoms with Crippen molar-refractivity contribution in [3.63, 3.8) is 0 Å². The monoisotopic (exact) mass is 261 g/mol. The van der Waals surface area contributed by atoms with Crippen LogP contribution in [-0.4, -0.2) is 37.2 Å². The molecule has 2 aliphatic heterocycles. The van der Waals surface area contributed by atoms with Crippen LogP contribution in [0.25, 0.3) is 0 Å². The number of hydrogen-bond acceptors (Lipinski definition) is 4. The highest BCUT2D eigenvalue weighted by Gasteiger charge is 2.46. The second-order valence-electron chi connectivity index (χ2n) is 5.22. The molecule has 0 radical (unpaired) electrons. The van der Waals surface area contributed by atoms with Crippen LogP contribution in [0.2, 0.25) is 0 Å². The van der Waals surface area contributed by atoms with Gasteiger partial charge in [-0.05, 0) is 26.5 Å². The predicted molar refractivity (Wildman–Crippen MR) is 71.0 cm³/mol. The number of esters is 1. The molecule has 1 aromatic rings. The van der Waals surface area contributed by atoms with Crippen LogP contribution in [-0.2, 0) is 9.53 Å². The molecule has 0 amide bonds. The molecule has 19 heavy (non-hydrogen) atoms. The smallest absolute Gasteiger partial charge is 0.323 e. The van der Waals surface area contributed by atoms with E-state index in [1.807, 2.05) is 32.2 Å². The lowest BCUT2D eigenvalue weighted by Gasteiger charge is -2.32. The number of likely N-dealkylation sites (N-methyl/N-ethyl adjacent to an activating group) is 1. The Labute approximate surface area is 113 Å². The third kappa shape index (κ3) is 2.00. The van der Waals surface area contributed by atoms with Crippen LogP contribution in [0.1, 0.15) is 24.9 Å². The molecular formula is C15H19NO3. The summed E-state index contributed by atoms with van der Waals surface area (Å²) in [6, 6.07) is 8.21. The topological polar surface area (TPSA) is 38.8 Å². The van der Waals surface area contributed by atoms with E-state index in [0.29, 0.717) is 19.1 Å². The van der Waals surface area contributed by atoms with Crippen molar-refractivity contribution >= 4 is 5.97 Å². The van der Waals surface area contributed by atoms with Gasteiger partial charge in [0.05, 0.1) is 13.2 Å². The molecule has 0 bridgehead atoms. The molecule has 1 saturated heterocycles. The Kier molecular flexibility index (Phi) is 3.19. The summed E-state index contributed by atoms with van der Waals surface area (Å²) in [5, 5.41) is 0. The number of hydrogen-bond donors (Lipinski definition) is 0. The molecule has 4 nitrogen and oxygen atoms in total. The fraction of sp³-hybridized carbons (Fsp3) is 0.533. The van der Waals surface area contributed by atoms with Crippen molar-refractivity contribution in [3.05, 3.63) is 29.8 Å². The first-order valence-electron chi connectivity index (χ1n) is 6.82. The minimum absolute atomic E-state index is 0.114. The molecule has 2 heterocycles. The van der Waals surface area contributed by atoms with Crippen molar-refractivity contribution in [1.29, 1.82) is 0 Å². The van der Waals surface area contributed by atoms with E-state index >= 15 is 0 Å². The lowest BCUT2D eigenvalue weighted by Crippen LogP contribution is -2.36.